The SMILES string of the molecule is C=Cc1cc(CBr)cc2ccccc12. The third kappa shape index (κ3) is 1.60. The van der Waals surface area contributed by atoms with Gasteiger partial charge in [0.2, 0.25) is 0 Å². The van der Waals surface area contributed by atoms with Crippen LogP contribution in [0.25, 0.3) is 16.8 Å². The Hall–Kier alpha value is -1.08. The highest BCUT2D eigenvalue weighted by molar-refractivity contribution is 9.08. The molecule has 0 saturated heterocycles. The first kappa shape index (κ1) is 9.47. The molecule has 0 nitrogen and oxygen atoms in total. The van der Waals surface area contributed by atoms with Crippen LogP contribution in [-0.4, -0.2) is 0 Å². The lowest BCUT2D eigenvalue weighted by molar-refractivity contribution is 1.46. The lowest BCUT2D eigenvalue weighted by Gasteiger charge is -2.05. The Morgan fingerprint density at radius 2 is 2.00 bits per heavy atom. The number of fused-ring (bicyclic) bond motifs is 1. The molecule has 0 bridgehead atoms. The molecule has 0 aliphatic carbocycles. The Balaban J connectivity index is 2.79. The molecule has 0 fully saturated rings. The maximum atomic E-state index is 3.84. The lowest BCUT2D eigenvalue weighted by atomic mass is 10.0. The first-order valence-electron chi connectivity index (χ1n) is 4.55. The van der Waals surface area contributed by atoms with Crippen LogP contribution in [0.3, 0.4) is 0 Å². The number of halogens is 1. The van der Waals surface area contributed by atoms with Gasteiger partial charge in [0.25, 0.3) is 0 Å². The third-order valence-electron chi connectivity index (χ3n) is 2.33. The van der Waals surface area contributed by atoms with Crippen molar-refractivity contribution in [1.29, 1.82) is 0 Å². The van der Waals surface area contributed by atoms with Crippen LogP contribution in [0.15, 0.2) is 43.0 Å². The Morgan fingerprint density at radius 1 is 1.21 bits per heavy atom. The van der Waals surface area contributed by atoms with Crippen molar-refractivity contribution < 1.29 is 0 Å². The Kier molecular flexibility index (Phi) is 2.69. The molecule has 0 atom stereocenters. The minimum absolute atomic E-state index is 0.888. The summed E-state index contributed by atoms with van der Waals surface area (Å²) in [6.45, 7) is 3.84. The summed E-state index contributed by atoms with van der Waals surface area (Å²) in [7, 11) is 0. The molecule has 0 radical (unpaired) electrons. The van der Waals surface area contributed by atoms with E-state index in [0.717, 1.165) is 5.33 Å². The zero-order chi connectivity index (χ0) is 9.97. The molecular weight excluding hydrogens is 236 g/mol. The van der Waals surface area contributed by atoms with E-state index in [1.807, 2.05) is 6.08 Å². The highest BCUT2D eigenvalue weighted by atomic mass is 79.9. The summed E-state index contributed by atoms with van der Waals surface area (Å²) in [5, 5.41) is 3.44. The second-order valence-electron chi connectivity index (χ2n) is 3.24. The molecule has 1 heteroatoms. The molecule has 0 aliphatic rings. The largest absolute Gasteiger partial charge is 0.0984 e. The van der Waals surface area contributed by atoms with Gasteiger partial charge in [-0.1, -0.05) is 65.0 Å². The van der Waals surface area contributed by atoms with Crippen LogP contribution in [0, 0.1) is 0 Å². The molecule has 0 aromatic heterocycles. The number of hydrogen-bond acceptors (Lipinski definition) is 0. The number of benzene rings is 2. The number of alkyl halides is 1. The normalized spacial score (nSPS) is 10.4. The van der Waals surface area contributed by atoms with Crippen molar-refractivity contribution in [1.82, 2.24) is 0 Å². The van der Waals surface area contributed by atoms with Crippen molar-refractivity contribution in [2.24, 2.45) is 0 Å². The minimum Gasteiger partial charge on any atom is -0.0984 e. The Morgan fingerprint density at radius 3 is 2.71 bits per heavy atom. The first-order valence-corrected chi connectivity index (χ1v) is 5.67. The van der Waals surface area contributed by atoms with Crippen LogP contribution in [-0.2, 0) is 5.33 Å². The van der Waals surface area contributed by atoms with Gasteiger partial charge in [0.05, 0.1) is 0 Å². The molecule has 0 aliphatic heterocycles. The van der Waals surface area contributed by atoms with Gasteiger partial charge in [-0.25, -0.2) is 0 Å². The van der Waals surface area contributed by atoms with Gasteiger partial charge in [0, 0.05) is 5.33 Å². The molecule has 0 spiro atoms. The van der Waals surface area contributed by atoms with Crippen molar-refractivity contribution in [2.75, 3.05) is 0 Å². The van der Waals surface area contributed by atoms with Crippen LogP contribution in [0.5, 0.6) is 0 Å². The van der Waals surface area contributed by atoms with E-state index >= 15 is 0 Å². The highest BCUT2D eigenvalue weighted by Gasteiger charge is 1.99. The summed E-state index contributed by atoms with van der Waals surface area (Å²) >= 11 is 3.47. The molecule has 0 heterocycles. The topological polar surface area (TPSA) is 0 Å². The van der Waals surface area contributed by atoms with Gasteiger partial charge in [0.15, 0.2) is 0 Å². The number of hydrogen-bond donors (Lipinski definition) is 0. The van der Waals surface area contributed by atoms with E-state index in [1.54, 1.807) is 0 Å². The van der Waals surface area contributed by atoms with Gasteiger partial charge in [-0.3, -0.25) is 0 Å². The molecule has 2 aromatic carbocycles. The van der Waals surface area contributed by atoms with E-state index in [9.17, 15) is 0 Å². The smallest absolute Gasteiger partial charge is 0.0283 e. The molecule has 14 heavy (non-hydrogen) atoms. The van der Waals surface area contributed by atoms with E-state index in [-0.39, 0.29) is 0 Å². The van der Waals surface area contributed by atoms with Crippen molar-refractivity contribution in [3.05, 3.63) is 54.1 Å². The van der Waals surface area contributed by atoms with Gasteiger partial charge in [-0.2, -0.15) is 0 Å². The van der Waals surface area contributed by atoms with Crippen molar-refractivity contribution in [3.8, 4) is 0 Å². The molecule has 70 valence electrons. The molecule has 0 amide bonds. The Bertz CT molecular complexity index is 472. The van der Waals surface area contributed by atoms with E-state index in [0.29, 0.717) is 0 Å². The zero-order valence-electron chi connectivity index (χ0n) is 7.83. The van der Waals surface area contributed by atoms with Gasteiger partial charge >= 0.3 is 0 Å². The average Bonchev–Trinajstić information content (AvgIpc) is 2.27. The summed E-state index contributed by atoms with van der Waals surface area (Å²) < 4.78 is 0. The minimum atomic E-state index is 0.888. The van der Waals surface area contributed by atoms with E-state index in [1.165, 1.54) is 21.9 Å². The monoisotopic (exact) mass is 246 g/mol. The van der Waals surface area contributed by atoms with E-state index in [2.05, 4.69) is 58.9 Å². The van der Waals surface area contributed by atoms with Crippen LogP contribution in [0.2, 0.25) is 0 Å². The molecule has 0 saturated carbocycles. The van der Waals surface area contributed by atoms with Crippen LogP contribution < -0.4 is 0 Å². The second kappa shape index (κ2) is 3.97. The summed E-state index contributed by atoms with van der Waals surface area (Å²) in [4.78, 5) is 0. The summed E-state index contributed by atoms with van der Waals surface area (Å²) in [5.41, 5.74) is 2.50. The van der Waals surface area contributed by atoms with Gasteiger partial charge in [0.1, 0.15) is 0 Å². The van der Waals surface area contributed by atoms with E-state index < -0.39 is 0 Å². The van der Waals surface area contributed by atoms with Crippen molar-refractivity contribution >= 4 is 32.8 Å². The highest BCUT2D eigenvalue weighted by Crippen LogP contribution is 2.23. The predicted octanol–water partition coefficient (Wildman–Crippen LogP) is 4.38. The fourth-order valence-electron chi connectivity index (χ4n) is 1.65. The maximum absolute atomic E-state index is 3.84. The van der Waals surface area contributed by atoms with Crippen LogP contribution in [0.4, 0.5) is 0 Å². The van der Waals surface area contributed by atoms with Crippen LogP contribution in [0.1, 0.15) is 11.1 Å². The quantitative estimate of drug-likeness (QED) is 0.691. The zero-order valence-corrected chi connectivity index (χ0v) is 9.42. The summed E-state index contributed by atoms with van der Waals surface area (Å²) in [6.07, 6.45) is 1.91. The second-order valence-corrected chi connectivity index (χ2v) is 3.80. The molecule has 0 unspecified atom stereocenters. The fraction of sp³-hybridized carbons (Fsp3) is 0.0769. The molecule has 0 N–H and O–H groups in total. The predicted molar refractivity (Wildman–Crippen MR) is 66.7 cm³/mol. The summed E-state index contributed by atoms with van der Waals surface area (Å²) in [5.74, 6) is 0. The summed E-state index contributed by atoms with van der Waals surface area (Å²) in [6, 6.07) is 12.8. The standard InChI is InChI=1S/C13H11Br/c1-2-11-7-10(9-14)8-12-5-3-4-6-13(11)12/h2-8H,1,9H2. The van der Waals surface area contributed by atoms with Crippen LogP contribution >= 0.6 is 15.9 Å². The Labute approximate surface area is 92.4 Å². The fourth-order valence-corrected chi connectivity index (χ4v) is 1.97. The third-order valence-corrected chi connectivity index (χ3v) is 2.98. The van der Waals surface area contributed by atoms with Gasteiger partial charge < -0.3 is 0 Å². The first-order chi connectivity index (χ1) is 6.85. The maximum Gasteiger partial charge on any atom is 0.0283 e. The average molecular weight is 247 g/mol. The number of rotatable bonds is 2. The molecular formula is C13H11Br. The molecule has 2 rings (SSSR count). The molecule has 2 aromatic rings. The van der Waals surface area contributed by atoms with Crippen molar-refractivity contribution in [2.45, 2.75) is 5.33 Å². The lowest BCUT2D eigenvalue weighted by Crippen LogP contribution is -1.83. The van der Waals surface area contributed by atoms with E-state index in [4.69, 9.17) is 0 Å². The van der Waals surface area contributed by atoms with Gasteiger partial charge in [-0.15, -0.1) is 0 Å². The van der Waals surface area contributed by atoms with Crippen molar-refractivity contribution in [3.63, 3.8) is 0 Å². The van der Waals surface area contributed by atoms with Gasteiger partial charge in [-0.05, 0) is 21.9 Å².